The minimum Gasteiger partial charge on any atom is -0.381 e. The number of anilines is 2. The number of rotatable bonds is 5. The van der Waals surface area contributed by atoms with Gasteiger partial charge in [-0.1, -0.05) is 0 Å². The van der Waals surface area contributed by atoms with Gasteiger partial charge in [0.15, 0.2) is 5.82 Å². The quantitative estimate of drug-likeness (QED) is 0.501. The van der Waals surface area contributed by atoms with E-state index in [1.165, 1.54) is 5.69 Å². The summed E-state index contributed by atoms with van der Waals surface area (Å²) in [5.74, 6) is 0.855. The average Bonchev–Trinajstić information content (AvgIpc) is 3.42. The molecular weight excluding hydrogens is 502 g/mol. The molecule has 7 rings (SSSR count). The van der Waals surface area contributed by atoms with E-state index in [0.29, 0.717) is 12.1 Å². The van der Waals surface area contributed by atoms with Crippen molar-refractivity contribution < 1.29 is 18.6 Å². The number of aromatic nitrogens is 4. The smallest absolute Gasteiger partial charge is 0.264 e. The number of hydrogen-bond donors (Lipinski definition) is 1. The number of fused-ring (bicyclic) bond motifs is 3. The number of benzene rings is 1. The summed E-state index contributed by atoms with van der Waals surface area (Å²) in [5, 5.41) is 19.9. The number of ether oxygens (including phenoxy) is 1. The van der Waals surface area contributed by atoms with Gasteiger partial charge in [-0.25, -0.2) is 8.78 Å². The molecular formula is C29H36F2N6O2. The Morgan fingerprint density at radius 2 is 1.92 bits per heavy atom. The second-order valence-electron chi connectivity index (χ2n) is 11.7. The Morgan fingerprint density at radius 1 is 1.13 bits per heavy atom. The van der Waals surface area contributed by atoms with Crippen molar-refractivity contribution >= 4 is 11.5 Å². The van der Waals surface area contributed by atoms with Crippen molar-refractivity contribution in [3.8, 4) is 11.1 Å². The zero-order valence-electron chi connectivity index (χ0n) is 22.6. The van der Waals surface area contributed by atoms with Crippen LogP contribution in [-0.2, 0) is 30.2 Å². The molecule has 0 radical (unpaired) electrons. The van der Waals surface area contributed by atoms with Crippen molar-refractivity contribution in [1.82, 2.24) is 24.5 Å². The van der Waals surface area contributed by atoms with Crippen LogP contribution >= 0.6 is 0 Å². The minimum atomic E-state index is -2.61. The van der Waals surface area contributed by atoms with Crippen molar-refractivity contribution in [3.05, 3.63) is 46.9 Å². The van der Waals surface area contributed by atoms with Crippen LogP contribution in [0.4, 0.5) is 20.3 Å². The molecule has 5 heterocycles. The summed E-state index contributed by atoms with van der Waals surface area (Å²) in [6.45, 7) is 5.35. The first-order valence-corrected chi connectivity index (χ1v) is 14.2. The predicted molar refractivity (Wildman–Crippen MR) is 143 cm³/mol. The van der Waals surface area contributed by atoms with E-state index in [4.69, 9.17) is 9.84 Å². The van der Waals surface area contributed by atoms with Gasteiger partial charge in [0.25, 0.3) is 6.43 Å². The van der Waals surface area contributed by atoms with Crippen LogP contribution in [0.25, 0.3) is 11.1 Å². The van der Waals surface area contributed by atoms with Gasteiger partial charge in [-0.3, -0.25) is 14.3 Å². The Kier molecular flexibility index (Phi) is 6.06. The van der Waals surface area contributed by atoms with E-state index >= 15 is 0 Å². The zero-order chi connectivity index (χ0) is 26.9. The maximum Gasteiger partial charge on any atom is 0.264 e. The Bertz CT molecular complexity index is 1390. The lowest BCUT2D eigenvalue weighted by molar-refractivity contribution is 0.00817. The summed E-state index contributed by atoms with van der Waals surface area (Å²) in [6, 6.07) is 4.00. The van der Waals surface area contributed by atoms with Crippen molar-refractivity contribution in [2.24, 2.45) is 7.05 Å². The van der Waals surface area contributed by atoms with Crippen LogP contribution in [0.1, 0.15) is 73.9 Å². The molecule has 1 atom stereocenters. The lowest BCUT2D eigenvalue weighted by atomic mass is 9.83. The topological polar surface area (TPSA) is 71.6 Å². The molecule has 208 valence electrons. The van der Waals surface area contributed by atoms with Crippen LogP contribution in [-0.4, -0.2) is 62.1 Å². The predicted octanol–water partition coefficient (Wildman–Crippen LogP) is 4.84. The molecule has 10 heteroatoms. The van der Waals surface area contributed by atoms with Gasteiger partial charge in [-0.05, 0) is 67.7 Å². The van der Waals surface area contributed by atoms with E-state index in [2.05, 4.69) is 19.6 Å². The van der Waals surface area contributed by atoms with Crippen molar-refractivity contribution in [3.63, 3.8) is 0 Å². The standard InChI is InChI=1S/C29H36F2N6O2/c1-18(38)35-9-3-25-23(17-35)28(33-37(25)20-4-11-39-12-5-20)36-10-8-29(6-7-29)24-13-21(19-15-32-34(2)16-19)22(27(30)31)14-26(24)36/h13-16,18,20,27,38H,3-12,17H2,1-2H3. The molecule has 0 amide bonds. The third kappa shape index (κ3) is 4.19. The van der Waals surface area contributed by atoms with Crippen LogP contribution in [0.15, 0.2) is 24.5 Å². The third-order valence-electron chi connectivity index (χ3n) is 9.36. The summed E-state index contributed by atoms with van der Waals surface area (Å²) in [4.78, 5) is 4.25. The molecule has 1 saturated heterocycles. The molecule has 1 N–H and O–H groups in total. The Balaban J connectivity index is 1.38. The van der Waals surface area contributed by atoms with Gasteiger partial charge in [-0.15, -0.1) is 0 Å². The molecule has 39 heavy (non-hydrogen) atoms. The van der Waals surface area contributed by atoms with Crippen molar-refractivity contribution in [2.75, 3.05) is 31.2 Å². The Labute approximate surface area is 227 Å². The van der Waals surface area contributed by atoms with Gasteiger partial charge >= 0.3 is 0 Å². The highest BCUT2D eigenvalue weighted by atomic mass is 19.3. The normalized spacial score (nSPS) is 21.8. The molecule has 0 bridgehead atoms. The number of aliphatic hydroxyl groups is 1. The highest BCUT2D eigenvalue weighted by molar-refractivity contribution is 5.78. The highest BCUT2D eigenvalue weighted by Gasteiger charge is 2.50. The first kappa shape index (κ1) is 25.2. The van der Waals surface area contributed by atoms with Crippen LogP contribution in [0.3, 0.4) is 0 Å². The fourth-order valence-electron chi connectivity index (χ4n) is 6.93. The van der Waals surface area contributed by atoms with E-state index in [1.54, 1.807) is 23.9 Å². The van der Waals surface area contributed by atoms with Gasteiger partial charge in [0.05, 0.1) is 12.2 Å². The van der Waals surface area contributed by atoms with E-state index in [1.807, 2.05) is 19.3 Å². The number of aliphatic hydroxyl groups excluding tert-OH is 1. The fraction of sp³-hybridized carbons (Fsp3) is 0.586. The molecule has 8 nitrogen and oxygen atoms in total. The molecule has 3 aliphatic heterocycles. The van der Waals surface area contributed by atoms with Crippen molar-refractivity contribution in [1.29, 1.82) is 0 Å². The summed E-state index contributed by atoms with van der Waals surface area (Å²) >= 11 is 0. The lowest BCUT2D eigenvalue weighted by Gasteiger charge is -2.37. The van der Waals surface area contributed by atoms with Crippen molar-refractivity contribution in [2.45, 2.75) is 76.1 Å². The Hall–Kier alpha value is -2.82. The summed E-state index contributed by atoms with van der Waals surface area (Å²) in [5.41, 5.74) is 5.71. The molecule has 3 aromatic rings. The van der Waals surface area contributed by atoms with Crippen LogP contribution < -0.4 is 4.90 Å². The van der Waals surface area contributed by atoms with E-state index in [0.717, 1.165) is 93.0 Å². The number of alkyl halides is 2. The molecule has 1 spiro atoms. The largest absolute Gasteiger partial charge is 0.381 e. The van der Waals surface area contributed by atoms with Crippen LogP contribution in [0.2, 0.25) is 0 Å². The monoisotopic (exact) mass is 538 g/mol. The minimum absolute atomic E-state index is 0.0350. The molecule has 2 fully saturated rings. The molecule has 1 saturated carbocycles. The molecule has 4 aliphatic rings. The highest BCUT2D eigenvalue weighted by Crippen LogP contribution is 2.59. The number of hydrogen-bond acceptors (Lipinski definition) is 6. The number of nitrogens with zero attached hydrogens (tertiary/aromatic N) is 6. The second-order valence-corrected chi connectivity index (χ2v) is 11.7. The van der Waals surface area contributed by atoms with E-state index < -0.39 is 12.7 Å². The van der Waals surface area contributed by atoms with Crippen LogP contribution in [0.5, 0.6) is 0 Å². The third-order valence-corrected chi connectivity index (χ3v) is 9.36. The number of aryl methyl sites for hydroxylation is 1. The SMILES string of the molecule is CC(O)N1CCc2c(c(N3CCC4(CC4)c4cc(-c5cnn(C)c5)c(C(F)F)cc43)nn2C2CCOCC2)C1. The van der Waals surface area contributed by atoms with Crippen LogP contribution in [0, 0.1) is 0 Å². The molecule has 1 unspecified atom stereocenters. The first-order valence-electron chi connectivity index (χ1n) is 14.2. The van der Waals surface area contributed by atoms with E-state index in [-0.39, 0.29) is 17.0 Å². The molecule has 1 aliphatic carbocycles. The molecule has 1 aromatic carbocycles. The van der Waals surface area contributed by atoms with E-state index in [9.17, 15) is 13.9 Å². The maximum atomic E-state index is 14.6. The average molecular weight is 539 g/mol. The van der Waals surface area contributed by atoms with Gasteiger partial charge < -0.3 is 14.7 Å². The van der Waals surface area contributed by atoms with Gasteiger partial charge in [-0.2, -0.15) is 10.2 Å². The summed E-state index contributed by atoms with van der Waals surface area (Å²) in [6.07, 6.45) is 6.08. The maximum absolute atomic E-state index is 14.6. The summed E-state index contributed by atoms with van der Waals surface area (Å²) < 4.78 is 38.6. The Morgan fingerprint density at radius 3 is 2.59 bits per heavy atom. The first-order chi connectivity index (χ1) is 18.8. The second kappa shape index (κ2) is 9.38. The molecule has 2 aromatic heterocycles. The van der Waals surface area contributed by atoms with Gasteiger partial charge in [0.2, 0.25) is 0 Å². The van der Waals surface area contributed by atoms with Gasteiger partial charge in [0, 0.05) is 80.6 Å². The number of halogens is 2. The lowest BCUT2D eigenvalue weighted by Crippen LogP contribution is -2.39. The van der Waals surface area contributed by atoms with Gasteiger partial charge in [0.1, 0.15) is 6.23 Å². The summed E-state index contributed by atoms with van der Waals surface area (Å²) in [7, 11) is 1.81. The fourth-order valence-corrected chi connectivity index (χ4v) is 6.93. The zero-order valence-corrected chi connectivity index (χ0v) is 22.6.